The Morgan fingerprint density at radius 2 is 1.74 bits per heavy atom. The normalized spacial score (nSPS) is 13.8. The number of hydrogen-bond donors (Lipinski definition) is 2. The van der Waals surface area contributed by atoms with E-state index in [1.807, 2.05) is 76.6 Å². The second-order valence-corrected chi connectivity index (χ2v) is 12.7. The van der Waals surface area contributed by atoms with Crippen LogP contribution >= 0.6 is 11.3 Å². The van der Waals surface area contributed by atoms with Crippen molar-refractivity contribution in [2.45, 2.75) is 26.3 Å². The highest BCUT2D eigenvalue weighted by molar-refractivity contribution is 7.10. The molecule has 0 saturated carbocycles. The van der Waals surface area contributed by atoms with Gasteiger partial charge in [-0.2, -0.15) is 0 Å². The molecule has 0 spiro atoms. The van der Waals surface area contributed by atoms with Gasteiger partial charge in [-0.1, -0.05) is 24.3 Å². The standard InChI is InChI=1S/C36H36N8OS/c1-25(2)42-18-20-43(21-19-42)29-13-11-27(12-14-29)39-36-37-16-15-31(40-36)35-34(41-32-10-3-4-17-44(32)35)26-7-5-8-28(23-26)38-33(45)24-30-9-6-22-46-30/h3-17,22-23,25H,18-21,24H2,1-2H3,(H,38,45)(H,37,39,40). The number of aromatic nitrogens is 4. The zero-order valence-electron chi connectivity index (χ0n) is 25.9. The lowest BCUT2D eigenvalue weighted by Crippen LogP contribution is -2.48. The van der Waals surface area contributed by atoms with Crippen molar-refractivity contribution < 1.29 is 4.79 Å². The van der Waals surface area contributed by atoms with E-state index in [0.29, 0.717) is 18.4 Å². The van der Waals surface area contributed by atoms with E-state index in [2.05, 4.69) is 63.5 Å². The fraction of sp³-hybridized carbons (Fsp3) is 0.222. The van der Waals surface area contributed by atoms with Gasteiger partial charge < -0.3 is 15.5 Å². The first-order valence-corrected chi connectivity index (χ1v) is 16.5. The van der Waals surface area contributed by atoms with Gasteiger partial charge in [-0.3, -0.25) is 14.1 Å². The van der Waals surface area contributed by atoms with E-state index in [1.165, 1.54) is 5.69 Å². The number of fused-ring (bicyclic) bond motifs is 1. The quantitative estimate of drug-likeness (QED) is 0.179. The number of amides is 1. The molecule has 10 heteroatoms. The van der Waals surface area contributed by atoms with Gasteiger partial charge >= 0.3 is 0 Å². The fourth-order valence-corrected chi connectivity index (χ4v) is 6.60. The molecular formula is C36H36N8OS. The third kappa shape index (κ3) is 6.49. The molecule has 6 aromatic rings. The Morgan fingerprint density at radius 3 is 2.52 bits per heavy atom. The highest BCUT2D eigenvalue weighted by Gasteiger charge is 2.20. The Hall–Kier alpha value is -5.06. The van der Waals surface area contributed by atoms with Crippen molar-refractivity contribution in [3.63, 3.8) is 0 Å². The number of rotatable bonds is 9. The zero-order chi connectivity index (χ0) is 31.5. The Labute approximate surface area is 272 Å². The van der Waals surface area contributed by atoms with Gasteiger partial charge in [0.25, 0.3) is 0 Å². The number of pyridine rings is 1. The number of benzene rings is 2. The van der Waals surface area contributed by atoms with Crippen molar-refractivity contribution in [1.29, 1.82) is 0 Å². The second-order valence-electron chi connectivity index (χ2n) is 11.7. The molecule has 2 N–H and O–H groups in total. The van der Waals surface area contributed by atoms with E-state index in [0.717, 1.165) is 70.7 Å². The summed E-state index contributed by atoms with van der Waals surface area (Å²) in [5, 5.41) is 8.41. The van der Waals surface area contributed by atoms with Crippen LogP contribution in [0.15, 0.2) is 103 Å². The van der Waals surface area contributed by atoms with Crippen LogP contribution in [0.4, 0.5) is 23.0 Å². The summed E-state index contributed by atoms with van der Waals surface area (Å²) in [6.07, 6.45) is 4.10. The molecule has 5 heterocycles. The molecule has 0 atom stereocenters. The third-order valence-electron chi connectivity index (χ3n) is 8.30. The monoisotopic (exact) mass is 628 g/mol. The van der Waals surface area contributed by atoms with E-state index in [4.69, 9.17) is 9.97 Å². The molecule has 232 valence electrons. The fourth-order valence-electron chi connectivity index (χ4n) is 5.89. The van der Waals surface area contributed by atoms with E-state index in [1.54, 1.807) is 17.5 Å². The summed E-state index contributed by atoms with van der Waals surface area (Å²) in [6.45, 7) is 8.74. The molecule has 2 aromatic carbocycles. The van der Waals surface area contributed by atoms with Crippen LogP contribution in [0.25, 0.3) is 28.3 Å². The lowest BCUT2D eigenvalue weighted by Gasteiger charge is -2.38. The van der Waals surface area contributed by atoms with Gasteiger partial charge in [0.1, 0.15) is 5.65 Å². The van der Waals surface area contributed by atoms with Crippen molar-refractivity contribution in [3.05, 3.63) is 108 Å². The Morgan fingerprint density at radius 1 is 0.891 bits per heavy atom. The molecule has 4 aromatic heterocycles. The minimum atomic E-state index is -0.0527. The van der Waals surface area contributed by atoms with Crippen molar-refractivity contribution in [2.24, 2.45) is 0 Å². The summed E-state index contributed by atoms with van der Waals surface area (Å²) < 4.78 is 2.04. The van der Waals surface area contributed by atoms with Gasteiger partial charge in [0.05, 0.1) is 23.5 Å². The molecule has 1 saturated heterocycles. The molecule has 46 heavy (non-hydrogen) atoms. The molecule has 0 unspecified atom stereocenters. The molecule has 1 fully saturated rings. The van der Waals surface area contributed by atoms with Crippen LogP contribution in [0.3, 0.4) is 0 Å². The van der Waals surface area contributed by atoms with Crippen LogP contribution in [0.2, 0.25) is 0 Å². The Kier molecular flexibility index (Phi) is 8.45. The predicted molar refractivity (Wildman–Crippen MR) is 187 cm³/mol. The van der Waals surface area contributed by atoms with Crippen molar-refractivity contribution in [3.8, 4) is 22.6 Å². The van der Waals surface area contributed by atoms with Crippen LogP contribution in [0, 0.1) is 0 Å². The zero-order valence-corrected chi connectivity index (χ0v) is 26.7. The summed E-state index contributed by atoms with van der Waals surface area (Å²) >= 11 is 1.58. The van der Waals surface area contributed by atoms with Crippen LogP contribution in [-0.4, -0.2) is 62.4 Å². The number of carbonyl (C=O) groups excluding carboxylic acids is 1. The largest absolute Gasteiger partial charge is 0.369 e. The SMILES string of the molecule is CC(C)N1CCN(c2ccc(Nc3nccc(-c4c(-c5cccc(NC(=O)Cc6cccs6)c5)nc5ccccn45)n3)cc2)CC1. The first kappa shape index (κ1) is 29.6. The van der Waals surface area contributed by atoms with Crippen LogP contribution < -0.4 is 15.5 Å². The first-order chi connectivity index (χ1) is 22.5. The number of imidazole rings is 1. The van der Waals surface area contributed by atoms with Gasteiger partial charge in [-0.05, 0) is 79.9 Å². The summed E-state index contributed by atoms with van der Waals surface area (Å²) in [4.78, 5) is 33.2. The van der Waals surface area contributed by atoms with Gasteiger partial charge in [0.2, 0.25) is 11.9 Å². The number of carbonyl (C=O) groups is 1. The number of hydrogen-bond acceptors (Lipinski definition) is 8. The lowest BCUT2D eigenvalue weighted by atomic mass is 10.1. The number of piperazine rings is 1. The molecule has 9 nitrogen and oxygen atoms in total. The highest BCUT2D eigenvalue weighted by atomic mass is 32.1. The summed E-state index contributed by atoms with van der Waals surface area (Å²) in [5.74, 6) is 0.449. The van der Waals surface area contributed by atoms with Crippen molar-refractivity contribution in [2.75, 3.05) is 41.7 Å². The summed E-state index contributed by atoms with van der Waals surface area (Å²) in [6, 6.07) is 28.6. The topological polar surface area (TPSA) is 90.7 Å². The number of nitrogens with zero attached hydrogens (tertiary/aromatic N) is 6. The molecule has 0 radical (unpaired) electrons. The van der Waals surface area contributed by atoms with E-state index >= 15 is 0 Å². The van der Waals surface area contributed by atoms with E-state index < -0.39 is 0 Å². The number of anilines is 4. The lowest BCUT2D eigenvalue weighted by molar-refractivity contribution is -0.115. The van der Waals surface area contributed by atoms with E-state index in [9.17, 15) is 4.79 Å². The minimum Gasteiger partial charge on any atom is -0.369 e. The molecule has 1 aliphatic heterocycles. The predicted octanol–water partition coefficient (Wildman–Crippen LogP) is 6.98. The van der Waals surface area contributed by atoms with Gasteiger partial charge in [0, 0.05) is 72.1 Å². The maximum Gasteiger partial charge on any atom is 0.229 e. The maximum absolute atomic E-state index is 12.7. The number of nitrogens with one attached hydrogen (secondary N) is 2. The second kappa shape index (κ2) is 13.1. The minimum absolute atomic E-state index is 0.0527. The Balaban J connectivity index is 1.13. The smallest absolute Gasteiger partial charge is 0.229 e. The molecule has 1 amide bonds. The van der Waals surface area contributed by atoms with Crippen LogP contribution in [-0.2, 0) is 11.2 Å². The maximum atomic E-state index is 12.7. The molecule has 0 aliphatic carbocycles. The molecule has 0 bridgehead atoms. The third-order valence-corrected chi connectivity index (χ3v) is 9.17. The molecular weight excluding hydrogens is 593 g/mol. The molecule has 1 aliphatic rings. The molecule has 7 rings (SSSR count). The van der Waals surface area contributed by atoms with Gasteiger partial charge in [0.15, 0.2) is 0 Å². The summed E-state index contributed by atoms with van der Waals surface area (Å²) in [7, 11) is 0. The average molecular weight is 629 g/mol. The van der Waals surface area contributed by atoms with Crippen molar-refractivity contribution >= 4 is 45.9 Å². The van der Waals surface area contributed by atoms with Crippen LogP contribution in [0.1, 0.15) is 18.7 Å². The van der Waals surface area contributed by atoms with E-state index in [-0.39, 0.29) is 5.91 Å². The number of thiophene rings is 1. The summed E-state index contributed by atoms with van der Waals surface area (Å²) in [5.41, 5.74) is 6.90. The average Bonchev–Trinajstić information content (AvgIpc) is 3.73. The van der Waals surface area contributed by atoms with Gasteiger partial charge in [-0.25, -0.2) is 15.0 Å². The Bertz CT molecular complexity index is 1940. The van der Waals surface area contributed by atoms with Crippen LogP contribution in [0.5, 0.6) is 0 Å². The first-order valence-electron chi connectivity index (χ1n) is 15.6. The highest BCUT2D eigenvalue weighted by Crippen LogP contribution is 2.33. The van der Waals surface area contributed by atoms with Crippen molar-refractivity contribution in [1.82, 2.24) is 24.3 Å². The van der Waals surface area contributed by atoms with Gasteiger partial charge in [-0.15, -0.1) is 11.3 Å².